The minimum atomic E-state index is -1.03. The van der Waals surface area contributed by atoms with Crippen LogP contribution in [-0.2, 0) is 45.2 Å². The van der Waals surface area contributed by atoms with E-state index in [9.17, 15) is 38.7 Å². The largest absolute Gasteiger partial charge is 0.478 e. The number of ether oxygens (including phenoxy) is 1. The van der Waals surface area contributed by atoms with Gasteiger partial charge >= 0.3 is 0 Å². The Bertz CT molecular complexity index is 3350. The first kappa shape index (κ1) is 51.8. The fraction of sp³-hybridized carbons (Fsp3) is 0.404. The van der Waals surface area contributed by atoms with Gasteiger partial charge in [0.1, 0.15) is 17.6 Å². The fourth-order valence-corrected chi connectivity index (χ4v) is 12.6. The van der Waals surface area contributed by atoms with Crippen LogP contribution in [0.2, 0.25) is 0 Å². The number of benzene rings is 2. The second-order valence-corrected chi connectivity index (χ2v) is 21.9. The molecule has 8 heterocycles. The third-order valence-electron chi connectivity index (χ3n) is 16.3. The number of piperidine rings is 2. The number of hydrogen-bond acceptors (Lipinski definition) is 16. The van der Waals surface area contributed by atoms with Gasteiger partial charge in [-0.15, -0.1) is 0 Å². The maximum Gasteiger partial charge on any atom is 0.276 e. The number of aliphatic hydroxyl groups is 1. The molecule has 0 bridgehead atoms. The van der Waals surface area contributed by atoms with Gasteiger partial charge in [0, 0.05) is 116 Å². The zero-order valence-corrected chi connectivity index (χ0v) is 44.2. The van der Waals surface area contributed by atoms with Gasteiger partial charge < -0.3 is 29.5 Å². The summed E-state index contributed by atoms with van der Waals surface area (Å²) in [5.74, 6) is -2.02. The Morgan fingerprint density at radius 2 is 1.71 bits per heavy atom. The predicted molar refractivity (Wildman–Crippen MR) is 289 cm³/mol. The Kier molecular flexibility index (Phi) is 13.7. The van der Waals surface area contributed by atoms with E-state index in [2.05, 4.69) is 72.9 Å². The van der Waals surface area contributed by atoms with Crippen molar-refractivity contribution in [3.63, 3.8) is 0 Å². The zero-order chi connectivity index (χ0) is 54.7. The molecular formula is C57H62N12O9. The molecule has 21 heteroatoms. The van der Waals surface area contributed by atoms with Crippen LogP contribution in [-0.4, -0.2) is 140 Å². The molecule has 4 N–H and O–H groups in total. The van der Waals surface area contributed by atoms with Crippen molar-refractivity contribution in [2.45, 2.75) is 104 Å². The van der Waals surface area contributed by atoms with Crippen molar-refractivity contribution in [3.8, 4) is 17.1 Å². The minimum Gasteiger partial charge on any atom is -0.478 e. The number of anilines is 5. The summed E-state index contributed by atoms with van der Waals surface area (Å²) in [5, 5.41) is 18.7. The fourth-order valence-electron chi connectivity index (χ4n) is 12.6. The maximum atomic E-state index is 14.1. The highest BCUT2D eigenvalue weighted by Crippen LogP contribution is 2.41. The zero-order valence-electron chi connectivity index (χ0n) is 44.2. The second-order valence-electron chi connectivity index (χ2n) is 21.9. The number of nitrogens with zero attached hydrogens (tertiary/aromatic N) is 9. The molecule has 3 aromatic heterocycles. The van der Waals surface area contributed by atoms with Gasteiger partial charge in [0.2, 0.25) is 24.1 Å². The van der Waals surface area contributed by atoms with Crippen LogP contribution in [0.1, 0.15) is 107 Å². The van der Waals surface area contributed by atoms with Gasteiger partial charge in [0.15, 0.2) is 5.82 Å². The van der Waals surface area contributed by atoms with E-state index in [-0.39, 0.29) is 65.1 Å². The van der Waals surface area contributed by atoms with Gasteiger partial charge in [0.25, 0.3) is 23.6 Å². The molecule has 6 aliphatic rings. The van der Waals surface area contributed by atoms with Gasteiger partial charge in [-0.2, -0.15) is 0 Å². The van der Waals surface area contributed by atoms with E-state index in [0.717, 1.165) is 61.6 Å². The molecule has 2 unspecified atom stereocenters. The van der Waals surface area contributed by atoms with Crippen LogP contribution in [0, 0.1) is 5.41 Å². The van der Waals surface area contributed by atoms with Crippen LogP contribution >= 0.6 is 0 Å². The van der Waals surface area contributed by atoms with Crippen LogP contribution in [0.3, 0.4) is 0 Å². The Morgan fingerprint density at radius 1 is 0.885 bits per heavy atom. The molecular weight excluding hydrogens is 997 g/mol. The summed E-state index contributed by atoms with van der Waals surface area (Å²) in [7, 11) is 1.49. The Balaban J connectivity index is 0.786. The van der Waals surface area contributed by atoms with Crippen LogP contribution in [0.5, 0.6) is 5.88 Å². The van der Waals surface area contributed by atoms with Crippen LogP contribution in [0.15, 0.2) is 67.0 Å². The van der Waals surface area contributed by atoms with Gasteiger partial charge in [-0.1, -0.05) is 13.8 Å². The standard InChI is InChI=1S/C57H62N12O9/c1-32-22-37(15-17-65(32)38-8-9-40-41(25-38)55(76)69(54(40)75)45-11-13-49(73)63-52(45)74)64-18-19-66(33(2)29-64)44-10-7-36(23-34(44)6-12-48(72)60-31-71)61-50-53(78-5)59-28-43(62-50)39-14-16-58-51(42(39)30-70)68-21-20-67-46(56(68)77)24-35-26-57(3,4)27-47(35)67/h6-10,12,14,16,23-25,28,31-33,37,45,70H,11,13,15,17-22,26-27,29-30H2,1-5H3,(H,61,62)(H,60,71,72)(H,63,73,74)/t32-,33-,37?,45?/m0/s1. The lowest BCUT2D eigenvalue weighted by Gasteiger charge is -2.48. The lowest BCUT2D eigenvalue weighted by Crippen LogP contribution is -2.58. The first-order valence-corrected chi connectivity index (χ1v) is 26.5. The van der Waals surface area contributed by atoms with Gasteiger partial charge in [0.05, 0.1) is 36.7 Å². The second kappa shape index (κ2) is 20.6. The number of carbonyl (C=O) groups excluding carboxylic acids is 7. The van der Waals surface area contributed by atoms with Crippen molar-refractivity contribution >= 4 is 76.6 Å². The number of carbonyl (C=O) groups is 7. The van der Waals surface area contributed by atoms with E-state index in [1.54, 1.807) is 41.6 Å². The van der Waals surface area contributed by atoms with Crippen molar-refractivity contribution in [1.82, 2.24) is 40.0 Å². The molecule has 404 valence electrons. The molecule has 4 atom stereocenters. The van der Waals surface area contributed by atoms with Crippen LogP contribution in [0.4, 0.5) is 28.7 Å². The van der Waals surface area contributed by atoms with Gasteiger partial charge in [-0.25, -0.2) is 15.0 Å². The summed E-state index contributed by atoms with van der Waals surface area (Å²) >= 11 is 0. The number of aromatic nitrogens is 4. The number of piperazine rings is 1. The summed E-state index contributed by atoms with van der Waals surface area (Å²) in [4.78, 5) is 113. The molecule has 3 fully saturated rings. The van der Waals surface area contributed by atoms with Crippen molar-refractivity contribution in [1.29, 1.82) is 0 Å². The number of nitrogens with one attached hydrogen (secondary N) is 3. The van der Waals surface area contributed by atoms with E-state index < -0.39 is 42.2 Å². The third-order valence-corrected chi connectivity index (χ3v) is 16.3. The maximum absolute atomic E-state index is 14.1. The quantitative estimate of drug-likeness (QED) is 0.0714. The van der Waals surface area contributed by atoms with E-state index in [1.165, 1.54) is 24.4 Å². The molecule has 5 aromatic rings. The van der Waals surface area contributed by atoms with Crippen LogP contribution < -0.4 is 35.4 Å². The molecule has 78 heavy (non-hydrogen) atoms. The number of fused-ring (bicyclic) bond motifs is 4. The van der Waals surface area contributed by atoms with E-state index in [0.29, 0.717) is 65.6 Å². The van der Waals surface area contributed by atoms with Gasteiger partial charge in [-0.05, 0) is 112 Å². The lowest BCUT2D eigenvalue weighted by molar-refractivity contribution is -0.136. The van der Waals surface area contributed by atoms with Crippen molar-refractivity contribution in [3.05, 3.63) is 106 Å². The topological polar surface area (TPSA) is 245 Å². The van der Waals surface area contributed by atoms with Crippen molar-refractivity contribution in [2.24, 2.45) is 5.41 Å². The van der Waals surface area contributed by atoms with Gasteiger partial charge in [-0.3, -0.25) is 58.9 Å². The average Bonchev–Trinajstić information content (AvgIpc) is 4.16. The smallest absolute Gasteiger partial charge is 0.276 e. The number of aliphatic hydroxyl groups excluding tert-OH is 1. The highest BCUT2D eigenvalue weighted by Gasteiger charge is 2.45. The number of amides is 7. The minimum absolute atomic E-state index is 0.0550. The molecule has 2 aromatic carbocycles. The molecule has 5 aliphatic heterocycles. The first-order chi connectivity index (χ1) is 37.5. The summed E-state index contributed by atoms with van der Waals surface area (Å²) in [6.07, 6.45) is 10.2. The average molecular weight is 1060 g/mol. The van der Waals surface area contributed by atoms with E-state index >= 15 is 0 Å². The lowest BCUT2D eigenvalue weighted by atomic mass is 9.90. The SMILES string of the molecule is COc1ncc(-c2ccnc(N3CCn4c(cc5c4CC(C)(C)C5)C3=O)c2CO)nc1Nc1ccc(N2CCN(C3CCN(c4ccc5c(c4)C(=O)N(C4CCC(=O)NC4=O)C5=O)[C@@H](C)C3)C[C@@H]2C)c(C=CC(=O)NC=O)c1. The number of rotatable bonds is 13. The predicted octanol–water partition coefficient (Wildman–Crippen LogP) is 4.62. The molecule has 1 aliphatic carbocycles. The molecule has 0 radical (unpaired) electrons. The molecule has 0 spiro atoms. The molecule has 7 amide bonds. The summed E-state index contributed by atoms with van der Waals surface area (Å²) in [5.41, 5.74) is 8.11. The van der Waals surface area contributed by atoms with Crippen molar-refractivity contribution in [2.75, 3.05) is 59.9 Å². The van der Waals surface area contributed by atoms with Crippen LogP contribution in [0.25, 0.3) is 17.3 Å². The normalized spacial score (nSPS) is 22.2. The Morgan fingerprint density at radius 3 is 2.46 bits per heavy atom. The highest BCUT2D eigenvalue weighted by molar-refractivity contribution is 6.23. The number of hydrogen-bond donors (Lipinski definition) is 4. The molecule has 11 rings (SSSR count). The summed E-state index contributed by atoms with van der Waals surface area (Å²) in [6.45, 7) is 12.4. The summed E-state index contributed by atoms with van der Waals surface area (Å²) in [6, 6.07) is 14.2. The van der Waals surface area contributed by atoms with E-state index in [1.807, 2.05) is 30.3 Å². The number of imide groups is 3. The monoisotopic (exact) mass is 1060 g/mol. The molecule has 0 saturated carbocycles. The Labute approximate surface area is 450 Å². The number of methoxy groups -OCH3 is 1. The third kappa shape index (κ3) is 9.43. The van der Waals surface area contributed by atoms with E-state index in [4.69, 9.17) is 9.72 Å². The first-order valence-electron chi connectivity index (χ1n) is 26.5. The number of pyridine rings is 1. The Hall–Kier alpha value is -8.30. The summed E-state index contributed by atoms with van der Waals surface area (Å²) < 4.78 is 7.81. The molecule has 3 saturated heterocycles. The molecule has 21 nitrogen and oxygen atoms in total. The van der Waals surface area contributed by atoms with Crippen molar-refractivity contribution < 1.29 is 43.4 Å². The highest BCUT2D eigenvalue weighted by atomic mass is 16.5.